The van der Waals surface area contributed by atoms with E-state index in [0.717, 1.165) is 37.6 Å². The number of phenolic OH excluding ortho intramolecular Hbond substituents is 5. The highest BCUT2D eigenvalue weighted by Gasteiger charge is 2.26. The zero-order chi connectivity index (χ0) is 22.3. The molecular formula is C24H13BO5S2. The van der Waals surface area contributed by atoms with Gasteiger partial charge in [-0.05, 0) is 6.07 Å². The summed E-state index contributed by atoms with van der Waals surface area (Å²) in [6, 6.07) is 14.7. The highest BCUT2D eigenvalue weighted by molar-refractivity contribution is 7.27. The van der Waals surface area contributed by atoms with Crippen LogP contribution >= 0.6 is 22.7 Å². The van der Waals surface area contributed by atoms with Crippen LogP contribution in [0.4, 0.5) is 0 Å². The van der Waals surface area contributed by atoms with Gasteiger partial charge in [-0.1, -0.05) is 41.9 Å². The van der Waals surface area contributed by atoms with Crippen molar-refractivity contribution in [3.8, 4) is 39.9 Å². The average Bonchev–Trinajstić information content (AvgIpc) is 3.37. The number of fused-ring (bicyclic) bond motifs is 6. The van der Waals surface area contributed by atoms with E-state index in [1.54, 1.807) is 11.3 Å². The first kappa shape index (κ1) is 19.1. The van der Waals surface area contributed by atoms with Crippen LogP contribution in [0.2, 0.25) is 0 Å². The Morgan fingerprint density at radius 3 is 2.16 bits per heavy atom. The van der Waals surface area contributed by atoms with Gasteiger partial charge in [0.25, 0.3) is 0 Å². The number of benzene rings is 4. The Morgan fingerprint density at radius 1 is 0.625 bits per heavy atom. The lowest BCUT2D eigenvalue weighted by Crippen LogP contribution is -2.07. The van der Waals surface area contributed by atoms with Crippen LogP contribution < -0.4 is 5.46 Å². The molecule has 0 aliphatic rings. The summed E-state index contributed by atoms with van der Waals surface area (Å²) in [5, 5.41) is 54.9. The molecule has 6 aromatic rings. The van der Waals surface area contributed by atoms with Crippen molar-refractivity contribution in [1.29, 1.82) is 0 Å². The summed E-state index contributed by atoms with van der Waals surface area (Å²) in [5.74, 6) is -2.21. The topological polar surface area (TPSA) is 101 Å². The molecule has 0 fully saturated rings. The first-order chi connectivity index (χ1) is 15.4. The van der Waals surface area contributed by atoms with E-state index in [0.29, 0.717) is 10.3 Å². The molecule has 2 heterocycles. The van der Waals surface area contributed by atoms with Gasteiger partial charge in [0.1, 0.15) is 13.6 Å². The third-order valence-electron chi connectivity index (χ3n) is 5.78. The van der Waals surface area contributed by atoms with Gasteiger partial charge >= 0.3 is 0 Å². The Labute approximate surface area is 190 Å². The number of hydrogen-bond acceptors (Lipinski definition) is 7. The van der Waals surface area contributed by atoms with Crippen molar-refractivity contribution in [3.05, 3.63) is 48.5 Å². The van der Waals surface area contributed by atoms with Crippen LogP contribution in [0.3, 0.4) is 0 Å². The standard InChI is InChI=1S/C24H13BO5S2/c25-18-15(11-6-3-5-10-9-4-1-2-7-14(9)31-22(10)11)20(29)21(30)17-16-19(28)12(26)8-13(27)23(16)32-24(17)18/h1-8,26-30H. The van der Waals surface area contributed by atoms with Crippen molar-refractivity contribution in [1.82, 2.24) is 0 Å². The molecule has 5 N–H and O–H groups in total. The molecular weight excluding hydrogens is 443 g/mol. The molecule has 0 atom stereocenters. The van der Waals surface area contributed by atoms with Crippen LogP contribution in [0, 0.1) is 0 Å². The molecule has 0 amide bonds. The van der Waals surface area contributed by atoms with Gasteiger partial charge in [0.05, 0.1) is 10.1 Å². The Hall–Kier alpha value is -3.62. The van der Waals surface area contributed by atoms with Crippen molar-refractivity contribution in [2.24, 2.45) is 0 Å². The van der Waals surface area contributed by atoms with Crippen molar-refractivity contribution >= 4 is 76.3 Å². The van der Waals surface area contributed by atoms with E-state index < -0.39 is 23.0 Å². The van der Waals surface area contributed by atoms with Gasteiger partial charge < -0.3 is 25.5 Å². The molecule has 0 spiro atoms. The molecule has 0 unspecified atom stereocenters. The van der Waals surface area contributed by atoms with Gasteiger partial charge in [-0.3, -0.25) is 0 Å². The lowest BCUT2D eigenvalue weighted by molar-refractivity contribution is 0.401. The fourth-order valence-corrected chi connectivity index (χ4v) is 6.74. The van der Waals surface area contributed by atoms with Gasteiger partial charge in [0, 0.05) is 47.5 Å². The summed E-state index contributed by atoms with van der Waals surface area (Å²) in [7, 11) is 6.53. The largest absolute Gasteiger partial charge is 0.506 e. The Bertz CT molecular complexity index is 1750. The molecule has 8 heteroatoms. The minimum atomic E-state index is -0.536. The van der Waals surface area contributed by atoms with Crippen molar-refractivity contribution in [2.75, 3.05) is 0 Å². The van der Waals surface area contributed by atoms with E-state index in [-0.39, 0.29) is 32.2 Å². The summed E-state index contributed by atoms with van der Waals surface area (Å²) in [6.45, 7) is 0. The maximum absolute atomic E-state index is 11.0. The van der Waals surface area contributed by atoms with E-state index in [4.69, 9.17) is 7.85 Å². The predicted molar refractivity (Wildman–Crippen MR) is 131 cm³/mol. The Kier molecular flexibility index (Phi) is 3.85. The maximum atomic E-state index is 11.0. The summed E-state index contributed by atoms with van der Waals surface area (Å²) >= 11 is 2.63. The summed E-state index contributed by atoms with van der Waals surface area (Å²) in [6.07, 6.45) is 0. The SMILES string of the molecule is [B]c1c(-c2cccc3c2sc2ccccc23)c(O)c(O)c2c1sc1c(O)cc(O)c(O)c12. The summed E-state index contributed by atoms with van der Waals surface area (Å²) in [5.41, 5.74) is 1.16. The summed E-state index contributed by atoms with van der Waals surface area (Å²) in [4.78, 5) is 0. The first-order valence-electron chi connectivity index (χ1n) is 9.62. The zero-order valence-electron chi connectivity index (χ0n) is 16.2. The van der Waals surface area contributed by atoms with Gasteiger partial charge in [-0.15, -0.1) is 22.7 Å². The van der Waals surface area contributed by atoms with Crippen LogP contribution in [-0.4, -0.2) is 33.4 Å². The molecule has 0 saturated carbocycles. The van der Waals surface area contributed by atoms with Gasteiger partial charge in [-0.25, -0.2) is 0 Å². The normalized spacial score (nSPS) is 11.9. The van der Waals surface area contributed by atoms with Crippen molar-refractivity contribution in [3.63, 3.8) is 0 Å². The number of rotatable bonds is 1. The van der Waals surface area contributed by atoms with E-state index >= 15 is 0 Å². The summed E-state index contributed by atoms with van der Waals surface area (Å²) < 4.78 is 2.64. The van der Waals surface area contributed by atoms with Gasteiger partial charge in [0.2, 0.25) is 0 Å². The van der Waals surface area contributed by atoms with E-state index in [9.17, 15) is 25.5 Å². The highest BCUT2D eigenvalue weighted by atomic mass is 32.1. The van der Waals surface area contributed by atoms with E-state index in [2.05, 4.69) is 0 Å². The first-order valence-corrected chi connectivity index (χ1v) is 11.3. The predicted octanol–water partition coefficient (Wildman–Crippen LogP) is 5.41. The van der Waals surface area contributed by atoms with Crippen LogP contribution in [0.15, 0.2) is 48.5 Å². The van der Waals surface area contributed by atoms with Crippen LogP contribution in [0.1, 0.15) is 0 Å². The third kappa shape index (κ3) is 2.33. The highest BCUT2D eigenvalue weighted by Crippen LogP contribution is 2.54. The molecule has 154 valence electrons. The second-order valence-corrected chi connectivity index (χ2v) is 9.61. The van der Waals surface area contributed by atoms with E-state index in [1.165, 1.54) is 0 Å². The molecule has 0 saturated heterocycles. The van der Waals surface area contributed by atoms with Crippen molar-refractivity contribution < 1.29 is 25.5 Å². The molecule has 5 nitrogen and oxygen atoms in total. The molecule has 2 radical (unpaired) electrons. The maximum Gasteiger partial charge on any atom is 0.167 e. The van der Waals surface area contributed by atoms with Crippen LogP contribution in [0.25, 0.3) is 51.5 Å². The Morgan fingerprint density at radius 2 is 1.34 bits per heavy atom. The number of hydrogen-bond donors (Lipinski definition) is 5. The van der Waals surface area contributed by atoms with E-state index in [1.807, 2.05) is 42.5 Å². The quantitative estimate of drug-likeness (QED) is 0.129. The number of thiophene rings is 2. The second-order valence-electron chi connectivity index (χ2n) is 7.54. The lowest BCUT2D eigenvalue weighted by Gasteiger charge is -2.14. The number of phenols is 5. The van der Waals surface area contributed by atoms with Crippen LogP contribution in [-0.2, 0) is 0 Å². The molecule has 6 rings (SSSR count). The fourth-order valence-electron chi connectivity index (χ4n) is 4.34. The zero-order valence-corrected chi connectivity index (χ0v) is 17.9. The fraction of sp³-hybridized carbons (Fsp3) is 0. The van der Waals surface area contributed by atoms with Crippen molar-refractivity contribution in [2.45, 2.75) is 0 Å². The lowest BCUT2D eigenvalue weighted by atomic mass is 9.84. The minimum Gasteiger partial charge on any atom is -0.506 e. The monoisotopic (exact) mass is 456 g/mol. The molecule has 4 aromatic carbocycles. The Balaban J connectivity index is 1.78. The van der Waals surface area contributed by atoms with Crippen LogP contribution in [0.5, 0.6) is 28.7 Å². The van der Waals surface area contributed by atoms with Gasteiger partial charge in [0.15, 0.2) is 23.0 Å². The minimum absolute atomic E-state index is 0.0358. The molecule has 0 aliphatic heterocycles. The molecule has 0 bridgehead atoms. The molecule has 32 heavy (non-hydrogen) atoms. The number of aromatic hydroxyl groups is 5. The second kappa shape index (κ2) is 6.45. The van der Waals surface area contributed by atoms with Gasteiger partial charge in [-0.2, -0.15) is 0 Å². The average molecular weight is 456 g/mol. The third-order valence-corrected chi connectivity index (χ3v) is 8.24. The smallest absolute Gasteiger partial charge is 0.167 e. The molecule has 2 aromatic heterocycles. The molecule has 0 aliphatic carbocycles.